The van der Waals surface area contributed by atoms with Crippen LogP contribution in [0.1, 0.15) is 44.1 Å². The van der Waals surface area contributed by atoms with Gasteiger partial charge in [0, 0.05) is 5.54 Å². The summed E-state index contributed by atoms with van der Waals surface area (Å²) >= 11 is 0. The van der Waals surface area contributed by atoms with Crippen LogP contribution in [0.4, 0.5) is 0 Å². The van der Waals surface area contributed by atoms with Crippen LogP contribution in [0, 0.1) is 30.1 Å². The van der Waals surface area contributed by atoms with Crippen molar-refractivity contribution in [1.29, 1.82) is 0 Å². The number of benzene rings is 1. The molecule has 1 aromatic rings. The van der Waals surface area contributed by atoms with Gasteiger partial charge in [0.2, 0.25) is 0 Å². The van der Waals surface area contributed by atoms with Crippen molar-refractivity contribution in [2.24, 2.45) is 17.8 Å². The number of hydrogen-bond acceptors (Lipinski definition) is 2. The summed E-state index contributed by atoms with van der Waals surface area (Å²) in [7, 11) is 0. The number of hydrogen-bond donors (Lipinski definition) is 2. The standard InChI is InChI=1S/C20H25NO/c1-2-20(14-22,18-6-4-3-5-7-18)21-19-11-15-8-16(12-19)10-17(9-15)13-19/h1,3-7,15-17,21-22H,8-14H2/t15?,16?,17?,19?,20-/m0/s1. The van der Waals surface area contributed by atoms with Gasteiger partial charge in [-0.05, 0) is 61.8 Å². The minimum Gasteiger partial charge on any atom is -0.393 e. The molecule has 0 spiro atoms. The largest absolute Gasteiger partial charge is 0.393 e. The molecule has 0 amide bonds. The summed E-state index contributed by atoms with van der Waals surface area (Å²) in [6, 6.07) is 10.1. The molecule has 1 aromatic carbocycles. The van der Waals surface area contributed by atoms with E-state index >= 15 is 0 Å². The van der Waals surface area contributed by atoms with Crippen molar-refractivity contribution in [2.45, 2.75) is 49.6 Å². The quantitative estimate of drug-likeness (QED) is 0.837. The fourth-order valence-corrected chi connectivity index (χ4v) is 5.81. The Morgan fingerprint density at radius 2 is 1.64 bits per heavy atom. The molecule has 4 fully saturated rings. The van der Waals surface area contributed by atoms with E-state index in [2.05, 4.69) is 11.2 Å². The molecule has 2 N–H and O–H groups in total. The molecule has 0 radical (unpaired) electrons. The van der Waals surface area contributed by atoms with Gasteiger partial charge in [-0.3, -0.25) is 5.32 Å². The Labute approximate surface area is 133 Å². The smallest absolute Gasteiger partial charge is 0.129 e. The summed E-state index contributed by atoms with van der Waals surface area (Å²) in [5, 5.41) is 13.9. The molecule has 0 unspecified atom stereocenters. The Morgan fingerprint density at radius 3 is 2.09 bits per heavy atom. The maximum Gasteiger partial charge on any atom is 0.129 e. The van der Waals surface area contributed by atoms with Crippen LogP contribution >= 0.6 is 0 Å². The Bertz CT molecular complexity index is 552. The lowest BCUT2D eigenvalue weighted by Crippen LogP contribution is -2.64. The maximum atomic E-state index is 10.1. The lowest BCUT2D eigenvalue weighted by Gasteiger charge is -2.59. The average molecular weight is 295 g/mol. The van der Waals surface area contributed by atoms with Gasteiger partial charge >= 0.3 is 0 Å². The van der Waals surface area contributed by atoms with Gasteiger partial charge in [0.1, 0.15) is 5.54 Å². The van der Waals surface area contributed by atoms with Gasteiger partial charge in [-0.2, -0.15) is 0 Å². The fourth-order valence-electron chi connectivity index (χ4n) is 5.81. The van der Waals surface area contributed by atoms with Crippen molar-refractivity contribution < 1.29 is 5.11 Å². The molecule has 0 saturated heterocycles. The van der Waals surface area contributed by atoms with Gasteiger partial charge in [0.25, 0.3) is 0 Å². The van der Waals surface area contributed by atoms with E-state index in [4.69, 9.17) is 6.42 Å². The van der Waals surface area contributed by atoms with E-state index in [1.807, 2.05) is 30.3 Å². The van der Waals surface area contributed by atoms with E-state index in [1.165, 1.54) is 38.5 Å². The molecule has 0 heterocycles. The van der Waals surface area contributed by atoms with E-state index in [9.17, 15) is 5.11 Å². The highest BCUT2D eigenvalue weighted by molar-refractivity contribution is 5.34. The Morgan fingerprint density at radius 1 is 1.09 bits per heavy atom. The summed E-state index contributed by atoms with van der Waals surface area (Å²) in [5.41, 5.74) is 0.405. The first-order valence-electron chi connectivity index (χ1n) is 8.60. The van der Waals surface area contributed by atoms with Gasteiger partial charge < -0.3 is 5.11 Å². The van der Waals surface area contributed by atoms with Crippen molar-refractivity contribution in [1.82, 2.24) is 5.32 Å². The van der Waals surface area contributed by atoms with Crippen LogP contribution in [0.15, 0.2) is 30.3 Å². The molecule has 4 saturated carbocycles. The molecule has 4 aliphatic carbocycles. The van der Waals surface area contributed by atoms with Gasteiger partial charge in [-0.15, -0.1) is 6.42 Å². The lowest BCUT2D eigenvalue weighted by molar-refractivity contribution is -0.0361. The van der Waals surface area contributed by atoms with Crippen molar-refractivity contribution in [3.63, 3.8) is 0 Å². The molecule has 22 heavy (non-hydrogen) atoms. The average Bonchev–Trinajstić information content (AvgIpc) is 2.52. The molecule has 0 aliphatic heterocycles. The van der Waals surface area contributed by atoms with Crippen molar-refractivity contribution >= 4 is 0 Å². The van der Waals surface area contributed by atoms with Crippen LogP contribution in [-0.4, -0.2) is 17.3 Å². The zero-order valence-electron chi connectivity index (χ0n) is 13.1. The maximum absolute atomic E-state index is 10.1. The number of rotatable bonds is 4. The van der Waals surface area contributed by atoms with Crippen molar-refractivity contribution in [3.05, 3.63) is 35.9 Å². The molecule has 1 atom stereocenters. The van der Waals surface area contributed by atoms with Crippen LogP contribution in [-0.2, 0) is 5.54 Å². The molecule has 2 heteroatoms. The van der Waals surface area contributed by atoms with Crippen LogP contribution in [0.5, 0.6) is 0 Å². The highest BCUT2D eigenvalue weighted by Crippen LogP contribution is 2.56. The monoisotopic (exact) mass is 295 g/mol. The van der Waals surface area contributed by atoms with E-state index < -0.39 is 5.54 Å². The number of terminal acetylenes is 1. The van der Waals surface area contributed by atoms with Crippen molar-refractivity contribution in [3.8, 4) is 12.3 Å². The third kappa shape index (κ3) is 2.19. The molecule has 2 nitrogen and oxygen atoms in total. The SMILES string of the molecule is C#C[C@@](CO)(NC12CC3CC(CC(C3)C1)C2)c1ccccc1. The summed E-state index contributed by atoms with van der Waals surface area (Å²) in [5.74, 6) is 5.49. The third-order valence-electron chi connectivity index (χ3n) is 6.27. The van der Waals surface area contributed by atoms with Gasteiger partial charge in [0.05, 0.1) is 6.61 Å². The Balaban J connectivity index is 1.67. The summed E-state index contributed by atoms with van der Waals surface area (Å²) in [6.07, 6.45) is 13.8. The second-order valence-corrected chi connectivity index (χ2v) is 7.90. The Kier molecular flexibility index (Phi) is 3.33. The first-order valence-corrected chi connectivity index (χ1v) is 8.60. The van der Waals surface area contributed by atoms with E-state index in [0.717, 1.165) is 23.3 Å². The van der Waals surface area contributed by atoms with Crippen LogP contribution < -0.4 is 5.32 Å². The topological polar surface area (TPSA) is 32.3 Å². The number of aliphatic hydroxyl groups excluding tert-OH is 1. The second kappa shape index (κ2) is 5.11. The van der Waals surface area contributed by atoms with Crippen LogP contribution in [0.25, 0.3) is 0 Å². The van der Waals surface area contributed by atoms with Crippen LogP contribution in [0.2, 0.25) is 0 Å². The van der Waals surface area contributed by atoms with Gasteiger partial charge in [-0.25, -0.2) is 0 Å². The molecule has 116 valence electrons. The zero-order valence-corrected chi connectivity index (χ0v) is 13.1. The third-order valence-corrected chi connectivity index (χ3v) is 6.27. The first kappa shape index (κ1) is 14.3. The molecule has 5 rings (SSSR count). The van der Waals surface area contributed by atoms with Crippen molar-refractivity contribution in [2.75, 3.05) is 6.61 Å². The molecule has 4 bridgehead atoms. The highest BCUT2D eigenvalue weighted by Gasteiger charge is 2.53. The minimum atomic E-state index is -0.743. The molecule has 4 aliphatic rings. The molecular weight excluding hydrogens is 270 g/mol. The van der Waals surface area contributed by atoms with E-state index in [1.54, 1.807) is 0 Å². The normalized spacial score (nSPS) is 38.5. The lowest BCUT2D eigenvalue weighted by atomic mass is 9.52. The van der Waals surface area contributed by atoms with E-state index in [0.29, 0.717) is 0 Å². The second-order valence-electron chi connectivity index (χ2n) is 7.90. The zero-order chi connectivity index (χ0) is 15.2. The van der Waals surface area contributed by atoms with E-state index in [-0.39, 0.29) is 12.1 Å². The summed E-state index contributed by atoms with van der Waals surface area (Å²) in [4.78, 5) is 0. The van der Waals surface area contributed by atoms with Gasteiger partial charge in [0.15, 0.2) is 0 Å². The predicted molar refractivity (Wildman–Crippen MR) is 88.1 cm³/mol. The molecule has 0 aromatic heterocycles. The number of aliphatic hydroxyl groups is 1. The first-order chi connectivity index (χ1) is 10.7. The predicted octanol–water partition coefficient (Wildman–Crippen LogP) is 3.07. The summed E-state index contributed by atoms with van der Waals surface area (Å²) in [6.45, 7) is -0.0464. The number of nitrogens with one attached hydrogen (secondary N) is 1. The Hall–Kier alpha value is -1.30. The van der Waals surface area contributed by atoms with Crippen LogP contribution in [0.3, 0.4) is 0 Å². The van der Waals surface area contributed by atoms with Gasteiger partial charge in [-0.1, -0.05) is 36.3 Å². The molecular formula is C20H25NO. The highest BCUT2D eigenvalue weighted by atomic mass is 16.3. The fraction of sp³-hybridized carbons (Fsp3) is 0.600. The summed E-state index contributed by atoms with van der Waals surface area (Å²) < 4.78 is 0. The minimum absolute atomic E-state index is 0.0464.